The van der Waals surface area contributed by atoms with Crippen molar-refractivity contribution < 1.29 is 24.5 Å². The van der Waals surface area contributed by atoms with Gasteiger partial charge in [0.25, 0.3) is 0 Å². The number of allylic oxidation sites excluding steroid dienone is 2. The van der Waals surface area contributed by atoms with Crippen molar-refractivity contribution in [2.24, 2.45) is 0 Å². The van der Waals surface area contributed by atoms with Crippen LogP contribution in [0.25, 0.3) is 0 Å². The van der Waals surface area contributed by atoms with Crippen LogP contribution in [-0.4, -0.2) is 47.4 Å². The minimum Gasteiger partial charge on any atom is -0.466 e. The molecule has 0 aromatic carbocycles. The molecule has 0 aromatic rings. The standard InChI is InChI=1S/C61H119NO5/c1-3-5-7-9-11-13-15-16-17-18-21-24-27-30-34-37-41-45-49-53-59(64)58(57-63)62-60(65)54-50-46-42-38-35-31-28-25-22-19-20-23-26-29-32-36-40-44-48-52-56-67-61(66)55-51-47-43-39-33-14-12-10-8-6-4-2/h19,22,58-59,63-64H,3-18,20-21,23-57H2,1-2H3,(H,62,65)/b22-19-. The van der Waals surface area contributed by atoms with Crippen molar-refractivity contribution >= 4 is 11.9 Å². The van der Waals surface area contributed by atoms with Crippen molar-refractivity contribution in [1.29, 1.82) is 0 Å². The number of unbranched alkanes of at least 4 members (excludes halogenated alkanes) is 44. The molecular formula is C61H119NO5. The van der Waals surface area contributed by atoms with E-state index in [1.165, 1.54) is 270 Å². The van der Waals surface area contributed by atoms with Crippen molar-refractivity contribution in [2.75, 3.05) is 13.2 Å². The van der Waals surface area contributed by atoms with E-state index in [9.17, 15) is 19.8 Å². The summed E-state index contributed by atoms with van der Waals surface area (Å²) in [5.74, 6) is -0.0336. The molecule has 398 valence electrons. The first-order chi connectivity index (χ1) is 33.0. The Morgan fingerprint density at radius 3 is 1.06 bits per heavy atom. The van der Waals surface area contributed by atoms with Crippen molar-refractivity contribution in [3.8, 4) is 0 Å². The van der Waals surface area contributed by atoms with Gasteiger partial charge in [-0.05, 0) is 51.4 Å². The van der Waals surface area contributed by atoms with Crippen LogP contribution in [-0.2, 0) is 14.3 Å². The van der Waals surface area contributed by atoms with Crippen LogP contribution in [0, 0.1) is 0 Å². The maximum Gasteiger partial charge on any atom is 0.305 e. The fraction of sp³-hybridized carbons (Fsp3) is 0.934. The Hall–Kier alpha value is -1.40. The third-order valence-electron chi connectivity index (χ3n) is 14.3. The molecule has 0 heterocycles. The lowest BCUT2D eigenvalue weighted by atomic mass is 10.0. The molecule has 0 aromatic heterocycles. The molecule has 0 saturated heterocycles. The predicted octanol–water partition coefficient (Wildman–Crippen LogP) is 18.9. The summed E-state index contributed by atoms with van der Waals surface area (Å²) >= 11 is 0. The van der Waals surface area contributed by atoms with Crippen LogP contribution in [0.5, 0.6) is 0 Å². The molecule has 0 saturated carbocycles. The average Bonchev–Trinajstić information content (AvgIpc) is 3.33. The Balaban J connectivity index is 3.43. The number of hydrogen-bond donors (Lipinski definition) is 3. The van der Waals surface area contributed by atoms with E-state index in [1.807, 2.05) is 0 Å². The van der Waals surface area contributed by atoms with Gasteiger partial charge in [-0.2, -0.15) is 0 Å². The minimum absolute atomic E-state index is 0.00664. The smallest absolute Gasteiger partial charge is 0.305 e. The fourth-order valence-electron chi connectivity index (χ4n) is 9.64. The first kappa shape index (κ1) is 65.6. The van der Waals surface area contributed by atoms with E-state index in [2.05, 4.69) is 31.3 Å². The van der Waals surface area contributed by atoms with Gasteiger partial charge in [0, 0.05) is 12.8 Å². The molecule has 6 heteroatoms. The van der Waals surface area contributed by atoms with Gasteiger partial charge < -0.3 is 20.3 Å². The molecule has 0 aliphatic rings. The second-order valence-corrected chi connectivity index (χ2v) is 21.0. The number of esters is 1. The van der Waals surface area contributed by atoms with Crippen LogP contribution in [0.1, 0.15) is 341 Å². The molecule has 0 radical (unpaired) electrons. The van der Waals surface area contributed by atoms with Gasteiger partial charge in [0.05, 0.1) is 25.4 Å². The van der Waals surface area contributed by atoms with Gasteiger partial charge in [-0.1, -0.05) is 289 Å². The largest absolute Gasteiger partial charge is 0.466 e. The average molecular weight is 947 g/mol. The molecule has 0 spiro atoms. The molecule has 0 rings (SSSR count). The van der Waals surface area contributed by atoms with Crippen LogP contribution in [0.2, 0.25) is 0 Å². The number of aliphatic hydroxyl groups is 2. The Kier molecular flexibility index (Phi) is 56.0. The molecule has 1 amide bonds. The van der Waals surface area contributed by atoms with Gasteiger partial charge in [-0.25, -0.2) is 0 Å². The van der Waals surface area contributed by atoms with Crippen LogP contribution < -0.4 is 5.32 Å². The molecule has 2 unspecified atom stereocenters. The molecule has 0 bridgehead atoms. The lowest BCUT2D eigenvalue weighted by molar-refractivity contribution is -0.143. The van der Waals surface area contributed by atoms with Crippen LogP contribution >= 0.6 is 0 Å². The number of aliphatic hydroxyl groups excluding tert-OH is 2. The van der Waals surface area contributed by atoms with Gasteiger partial charge in [-0.3, -0.25) is 9.59 Å². The van der Waals surface area contributed by atoms with Crippen molar-refractivity contribution in [1.82, 2.24) is 5.32 Å². The van der Waals surface area contributed by atoms with Crippen LogP contribution in [0.3, 0.4) is 0 Å². The maximum atomic E-state index is 12.5. The third kappa shape index (κ3) is 53.8. The molecule has 2 atom stereocenters. The molecule has 0 aliphatic heterocycles. The SMILES string of the molecule is CCCCCCCCCCCCCCCCCCCCCC(O)C(CO)NC(=O)CCCCCCCCC/C=C\CCCCCCCCCCCOC(=O)CCCCCCCCCCCCC. The Bertz CT molecular complexity index is 1000. The summed E-state index contributed by atoms with van der Waals surface area (Å²) in [6, 6.07) is -0.547. The molecule has 6 nitrogen and oxygen atoms in total. The number of amides is 1. The first-order valence-electron chi connectivity index (χ1n) is 30.4. The van der Waals surface area contributed by atoms with E-state index in [0.29, 0.717) is 25.9 Å². The van der Waals surface area contributed by atoms with E-state index in [0.717, 1.165) is 38.5 Å². The van der Waals surface area contributed by atoms with Crippen LogP contribution in [0.4, 0.5) is 0 Å². The normalized spacial score (nSPS) is 12.6. The summed E-state index contributed by atoms with van der Waals surface area (Å²) in [5, 5.41) is 23.3. The monoisotopic (exact) mass is 946 g/mol. The number of ether oxygens (including phenoxy) is 1. The number of hydrogen-bond acceptors (Lipinski definition) is 5. The zero-order valence-electron chi connectivity index (χ0n) is 45.4. The molecular weight excluding hydrogens is 827 g/mol. The van der Waals surface area contributed by atoms with Crippen molar-refractivity contribution in [3.05, 3.63) is 12.2 Å². The van der Waals surface area contributed by atoms with Gasteiger partial charge in [0.1, 0.15) is 0 Å². The van der Waals surface area contributed by atoms with Gasteiger partial charge >= 0.3 is 5.97 Å². The zero-order chi connectivity index (χ0) is 48.6. The minimum atomic E-state index is -0.669. The van der Waals surface area contributed by atoms with E-state index < -0.39 is 12.1 Å². The summed E-state index contributed by atoms with van der Waals surface area (Å²) < 4.78 is 5.46. The number of nitrogens with one attached hydrogen (secondary N) is 1. The highest BCUT2D eigenvalue weighted by Gasteiger charge is 2.20. The van der Waals surface area contributed by atoms with E-state index in [4.69, 9.17) is 4.74 Å². The molecule has 3 N–H and O–H groups in total. The summed E-state index contributed by atoms with van der Waals surface area (Å²) in [6.07, 6.45) is 67.8. The summed E-state index contributed by atoms with van der Waals surface area (Å²) in [6.45, 7) is 4.96. The molecule has 0 aliphatic carbocycles. The lowest BCUT2D eigenvalue weighted by Gasteiger charge is -2.22. The van der Waals surface area contributed by atoms with E-state index >= 15 is 0 Å². The lowest BCUT2D eigenvalue weighted by Crippen LogP contribution is -2.45. The van der Waals surface area contributed by atoms with Gasteiger partial charge in [0.2, 0.25) is 5.91 Å². The Morgan fingerprint density at radius 2 is 0.701 bits per heavy atom. The highest BCUT2D eigenvalue weighted by molar-refractivity contribution is 5.76. The first-order valence-corrected chi connectivity index (χ1v) is 30.4. The van der Waals surface area contributed by atoms with Gasteiger partial charge in [0.15, 0.2) is 0 Å². The predicted molar refractivity (Wildman–Crippen MR) is 292 cm³/mol. The van der Waals surface area contributed by atoms with E-state index in [1.54, 1.807) is 0 Å². The summed E-state index contributed by atoms with van der Waals surface area (Å²) in [5.41, 5.74) is 0. The Morgan fingerprint density at radius 1 is 0.403 bits per heavy atom. The van der Waals surface area contributed by atoms with Crippen LogP contribution in [0.15, 0.2) is 12.2 Å². The highest BCUT2D eigenvalue weighted by Crippen LogP contribution is 2.18. The second kappa shape index (κ2) is 57.2. The molecule has 67 heavy (non-hydrogen) atoms. The summed E-state index contributed by atoms with van der Waals surface area (Å²) in [4.78, 5) is 24.5. The maximum absolute atomic E-state index is 12.5. The third-order valence-corrected chi connectivity index (χ3v) is 14.3. The van der Waals surface area contributed by atoms with E-state index in [-0.39, 0.29) is 18.5 Å². The molecule has 0 fully saturated rings. The number of carbonyl (C=O) groups excluding carboxylic acids is 2. The van der Waals surface area contributed by atoms with Crippen molar-refractivity contribution in [2.45, 2.75) is 353 Å². The zero-order valence-corrected chi connectivity index (χ0v) is 45.4. The van der Waals surface area contributed by atoms with Gasteiger partial charge in [-0.15, -0.1) is 0 Å². The fourth-order valence-corrected chi connectivity index (χ4v) is 9.64. The number of carbonyl (C=O) groups is 2. The number of rotatable bonds is 57. The highest BCUT2D eigenvalue weighted by atomic mass is 16.5. The quantitative estimate of drug-likeness (QED) is 0.0321. The van der Waals surface area contributed by atoms with Crippen molar-refractivity contribution in [3.63, 3.8) is 0 Å². The summed E-state index contributed by atoms with van der Waals surface area (Å²) in [7, 11) is 0. The second-order valence-electron chi connectivity index (χ2n) is 21.0. The topological polar surface area (TPSA) is 95.9 Å². The Labute approximate surface area is 419 Å².